The van der Waals surface area contributed by atoms with Crippen molar-refractivity contribution in [3.8, 4) is 0 Å². The van der Waals surface area contributed by atoms with E-state index in [-0.39, 0.29) is 17.3 Å². The zero-order valence-corrected chi connectivity index (χ0v) is 16.9. The van der Waals surface area contributed by atoms with Crippen LogP contribution < -0.4 is 5.32 Å². The van der Waals surface area contributed by atoms with Crippen molar-refractivity contribution >= 4 is 45.3 Å². The molecule has 2 aliphatic rings. The first-order valence-electron chi connectivity index (χ1n) is 8.74. The minimum absolute atomic E-state index is 0.0452. The Hall–Kier alpha value is -1.52. The van der Waals surface area contributed by atoms with Crippen LogP contribution in [-0.4, -0.2) is 72.0 Å². The number of amides is 3. The van der Waals surface area contributed by atoms with Gasteiger partial charge in [0.05, 0.1) is 18.0 Å². The molecule has 0 bridgehead atoms. The van der Waals surface area contributed by atoms with Gasteiger partial charge in [-0.05, 0) is 12.8 Å². The van der Waals surface area contributed by atoms with Crippen molar-refractivity contribution in [2.24, 2.45) is 0 Å². The lowest BCUT2D eigenvalue weighted by molar-refractivity contribution is -0.142. The Labute approximate surface area is 166 Å². The Kier molecular flexibility index (Phi) is 8.65. The van der Waals surface area contributed by atoms with E-state index in [2.05, 4.69) is 5.32 Å². The highest BCUT2D eigenvalue weighted by Gasteiger charge is 2.39. The number of rotatable bonds is 12. The summed E-state index contributed by atoms with van der Waals surface area (Å²) in [7, 11) is 3.45. The van der Waals surface area contributed by atoms with Crippen LogP contribution in [-0.2, 0) is 28.7 Å². The summed E-state index contributed by atoms with van der Waals surface area (Å²) in [6.45, 7) is 2.83. The molecule has 0 aromatic heterocycles. The lowest BCUT2D eigenvalue weighted by Gasteiger charge is -2.39. The highest BCUT2D eigenvalue weighted by atomic mass is 33.1. The van der Waals surface area contributed by atoms with Crippen molar-refractivity contribution in [3.63, 3.8) is 0 Å². The molecule has 0 saturated heterocycles. The fourth-order valence-corrected chi connectivity index (χ4v) is 5.40. The lowest BCUT2D eigenvalue weighted by Crippen LogP contribution is -2.41. The summed E-state index contributed by atoms with van der Waals surface area (Å²) < 4.78 is 10.7. The van der Waals surface area contributed by atoms with E-state index in [4.69, 9.17) is 9.47 Å². The van der Waals surface area contributed by atoms with Gasteiger partial charge < -0.3 is 14.8 Å². The third-order valence-electron chi connectivity index (χ3n) is 4.12. The van der Waals surface area contributed by atoms with Gasteiger partial charge in [0.2, 0.25) is 5.91 Å². The molecule has 0 aromatic rings. The van der Waals surface area contributed by atoms with Gasteiger partial charge in [0.1, 0.15) is 13.2 Å². The summed E-state index contributed by atoms with van der Waals surface area (Å²) in [6, 6.07) is 0. The minimum Gasteiger partial charge on any atom is -0.464 e. The quantitative estimate of drug-likeness (QED) is 0.217. The van der Waals surface area contributed by atoms with Crippen molar-refractivity contribution in [1.82, 2.24) is 10.2 Å². The second-order valence-electron chi connectivity index (χ2n) is 6.28. The number of carbonyl (C=O) groups is 4. The van der Waals surface area contributed by atoms with Gasteiger partial charge in [-0.1, -0.05) is 28.0 Å². The normalized spacial score (nSPS) is 17.7. The van der Waals surface area contributed by atoms with E-state index in [1.165, 1.54) is 6.92 Å². The molecule has 3 amide bonds. The Morgan fingerprint density at radius 2 is 1.93 bits per heavy atom. The summed E-state index contributed by atoms with van der Waals surface area (Å²) in [5, 5.41) is 2.61. The molecule has 0 radical (unpaired) electrons. The highest BCUT2D eigenvalue weighted by molar-refractivity contribution is 8.77. The Balaban J connectivity index is 1.46. The Morgan fingerprint density at radius 1 is 1.22 bits per heavy atom. The number of hydrogen-bond acceptors (Lipinski definition) is 8. The second-order valence-corrected chi connectivity index (χ2v) is 9.16. The van der Waals surface area contributed by atoms with Gasteiger partial charge in [-0.3, -0.25) is 24.1 Å². The predicted octanol–water partition coefficient (Wildman–Crippen LogP) is 0.911. The van der Waals surface area contributed by atoms with Gasteiger partial charge >= 0.3 is 5.97 Å². The lowest BCUT2D eigenvalue weighted by atomic mass is 9.85. The fraction of sp³-hybridized carbons (Fsp3) is 0.647. The van der Waals surface area contributed by atoms with E-state index >= 15 is 0 Å². The van der Waals surface area contributed by atoms with Gasteiger partial charge in [0.25, 0.3) is 11.8 Å². The summed E-state index contributed by atoms with van der Waals surface area (Å²) in [6.07, 6.45) is 5.57. The number of nitrogens with zero attached hydrogens (tertiary/aromatic N) is 1. The number of ether oxygens (including phenoxy) is 2. The molecule has 8 nitrogen and oxygen atoms in total. The van der Waals surface area contributed by atoms with Gasteiger partial charge in [-0.15, -0.1) is 0 Å². The topological polar surface area (TPSA) is 102 Å². The molecule has 2 rings (SSSR count). The number of hydrogen-bond donors (Lipinski definition) is 1. The molecule has 1 saturated carbocycles. The number of imide groups is 1. The van der Waals surface area contributed by atoms with Gasteiger partial charge in [0, 0.05) is 31.4 Å². The van der Waals surface area contributed by atoms with E-state index < -0.39 is 17.7 Å². The van der Waals surface area contributed by atoms with Gasteiger partial charge in [-0.2, -0.15) is 0 Å². The SMILES string of the molecule is CC(=O)OCC1(SSCCOCCNC(=O)CN2C(=O)C=CC2=O)CCC1. The summed E-state index contributed by atoms with van der Waals surface area (Å²) in [4.78, 5) is 46.2. The standard InChI is InChI=1S/C17H24N2O6S2/c1-13(20)25-12-17(5-2-6-17)27-26-10-9-24-8-7-18-14(21)11-19-15(22)3-4-16(19)23/h3-4H,2,5-12H2,1H3,(H,18,21). The molecule has 0 spiro atoms. The first kappa shape index (κ1) is 21.8. The van der Waals surface area contributed by atoms with Crippen LogP contribution >= 0.6 is 21.6 Å². The molecular formula is C17H24N2O6S2. The first-order valence-corrected chi connectivity index (χ1v) is 11.1. The van der Waals surface area contributed by atoms with Gasteiger partial charge in [0.15, 0.2) is 0 Å². The van der Waals surface area contributed by atoms with Crippen molar-refractivity contribution in [2.45, 2.75) is 30.9 Å². The van der Waals surface area contributed by atoms with Crippen LogP contribution in [0, 0.1) is 0 Å². The maximum Gasteiger partial charge on any atom is 0.302 e. The first-order chi connectivity index (χ1) is 12.9. The largest absolute Gasteiger partial charge is 0.464 e. The maximum atomic E-state index is 11.7. The molecule has 27 heavy (non-hydrogen) atoms. The molecule has 1 heterocycles. The van der Waals surface area contributed by atoms with Crippen LogP contribution in [0.3, 0.4) is 0 Å². The molecular weight excluding hydrogens is 392 g/mol. The van der Waals surface area contributed by atoms with Crippen molar-refractivity contribution in [2.75, 3.05) is 38.7 Å². The third-order valence-corrected chi connectivity index (χ3v) is 7.37. The summed E-state index contributed by atoms with van der Waals surface area (Å²) >= 11 is 0. The van der Waals surface area contributed by atoms with Crippen molar-refractivity contribution in [1.29, 1.82) is 0 Å². The van der Waals surface area contributed by atoms with Crippen LogP contribution in [0.2, 0.25) is 0 Å². The molecule has 10 heteroatoms. The second kappa shape index (κ2) is 10.7. The van der Waals surface area contributed by atoms with E-state index in [0.717, 1.165) is 42.1 Å². The zero-order valence-electron chi connectivity index (χ0n) is 15.2. The molecule has 1 aliphatic carbocycles. The monoisotopic (exact) mass is 416 g/mol. The zero-order chi connectivity index (χ0) is 19.7. The van der Waals surface area contributed by atoms with Gasteiger partial charge in [-0.25, -0.2) is 0 Å². The smallest absolute Gasteiger partial charge is 0.302 e. The molecule has 1 fully saturated rings. The third kappa shape index (κ3) is 7.19. The Morgan fingerprint density at radius 3 is 2.52 bits per heavy atom. The molecule has 0 aromatic carbocycles. The summed E-state index contributed by atoms with van der Waals surface area (Å²) in [5.74, 6) is -0.792. The van der Waals surface area contributed by atoms with Crippen LogP contribution in [0.1, 0.15) is 26.2 Å². The summed E-state index contributed by atoms with van der Waals surface area (Å²) in [5.41, 5.74) is 0. The molecule has 150 valence electrons. The average Bonchev–Trinajstić information content (AvgIpc) is 2.90. The number of esters is 1. The van der Waals surface area contributed by atoms with Crippen LogP contribution in [0.25, 0.3) is 0 Å². The minimum atomic E-state index is -0.473. The molecule has 0 unspecified atom stereocenters. The molecule has 1 N–H and O–H groups in total. The van der Waals surface area contributed by atoms with Crippen LogP contribution in [0.5, 0.6) is 0 Å². The van der Waals surface area contributed by atoms with E-state index in [1.807, 2.05) is 0 Å². The van der Waals surface area contributed by atoms with E-state index in [9.17, 15) is 19.2 Å². The Bertz CT molecular complexity index is 588. The fourth-order valence-electron chi connectivity index (χ4n) is 2.47. The number of nitrogens with one attached hydrogen (secondary N) is 1. The van der Waals surface area contributed by atoms with Crippen molar-refractivity contribution < 1.29 is 28.7 Å². The molecule has 1 aliphatic heterocycles. The van der Waals surface area contributed by atoms with E-state index in [0.29, 0.717) is 26.4 Å². The predicted molar refractivity (Wildman–Crippen MR) is 103 cm³/mol. The van der Waals surface area contributed by atoms with E-state index in [1.54, 1.807) is 21.6 Å². The van der Waals surface area contributed by atoms with Crippen LogP contribution in [0.4, 0.5) is 0 Å². The molecule has 0 atom stereocenters. The maximum absolute atomic E-state index is 11.7. The van der Waals surface area contributed by atoms with Crippen LogP contribution in [0.15, 0.2) is 12.2 Å². The van der Waals surface area contributed by atoms with Crippen molar-refractivity contribution in [3.05, 3.63) is 12.2 Å². The highest BCUT2D eigenvalue weighted by Crippen LogP contribution is 2.49. The number of carbonyl (C=O) groups excluding carboxylic acids is 4. The average molecular weight is 417 g/mol.